The number of carbonyl (C=O) groups is 1. The lowest BCUT2D eigenvalue weighted by Crippen LogP contribution is -2.14. The van der Waals surface area contributed by atoms with Crippen LogP contribution in [0.3, 0.4) is 0 Å². The van der Waals surface area contributed by atoms with Crippen molar-refractivity contribution in [3.05, 3.63) is 69.4 Å². The molecular weight excluding hydrogens is 418 g/mol. The van der Waals surface area contributed by atoms with Crippen LogP contribution < -0.4 is 4.72 Å². The molecule has 1 atom stereocenters. The molecule has 1 unspecified atom stereocenters. The minimum absolute atomic E-state index is 0. The summed E-state index contributed by atoms with van der Waals surface area (Å²) in [4.78, 5) is 20.9. The molecule has 0 fully saturated rings. The first kappa shape index (κ1) is 22.1. The van der Waals surface area contributed by atoms with Crippen LogP contribution in [-0.2, 0) is 10.0 Å². The van der Waals surface area contributed by atoms with Gasteiger partial charge in [-0.25, -0.2) is 8.42 Å². The van der Waals surface area contributed by atoms with Crippen LogP contribution in [0.15, 0.2) is 41.9 Å². The summed E-state index contributed by atoms with van der Waals surface area (Å²) in [7, 11) is -3.32. The Morgan fingerprint density at radius 3 is 2.64 bits per heavy atom. The van der Waals surface area contributed by atoms with Crippen LogP contribution in [0.25, 0.3) is 0 Å². The fourth-order valence-electron chi connectivity index (χ4n) is 2.72. The van der Waals surface area contributed by atoms with Crippen molar-refractivity contribution in [1.82, 2.24) is 9.97 Å². The van der Waals surface area contributed by atoms with Gasteiger partial charge in [-0.1, -0.05) is 13.0 Å². The normalized spacial score (nSPS) is 12.2. The summed E-state index contributed by atoms with van der Waals surface area (Å²) in [6, 6.07) is 9.11. The molecule has 3 aromatic heterocycles. The highest BCUT2D eigenvalue weighted by Crippen LogP contribution is 2.26. The number of hydrogen-bond donors (Lipinski definition) is 2. The highest BCUT2D eigenvalue weighted by molar-refractivity contribution is 7.92. The number of aromatic amines is 1. The predicted octanol–water partition coefficient (Wildman–Crippen LogP) is 4.35. The Labute approximate surface area is 174 Å². The Bertz CT molecular complexity index is 1040. The first-order valence-electron chi connectivity index (χ1n) is 8.55. The third-order valence-electron chi connectivity index (χ3n) is 4.36. The molecular formula is C19H22ClN3O3S2. The largest absolute Gasteiger partial charge is 0.355 e. The molecule has 0 aliphatic heterocycles. The van der Waals surface area contributed by atoms with E-state index >= 15 is 0 Å². The van der Waals surface area contributed by atoms with Crippen molar-refractivity contribution in [3.8, 4) is 0 Å². The van der Waals surface area contributed by atoms with E-state index in [4.69, 9.17) is 0 Å². The molecule has 0 saturated heterocycles. The number of pyridine rings is 1. The van der Waals surface area contributed by atoms with Gasteiger partial charge >= 0.3 is 0 Å². The van der Waals surface area contributed by atoms with Crippen molar-refractivity contribution >= 4 is 45.2 Å². The van der Waals surface area contributed by atoms with Crippen LogP contribution in [0.5, 0.6) is 0 Å². The van der Waals surface area contributed by atoms with Gasteiger partial charge in [-0.15, -0.1) is 23.7 Å². The zero-order valence-corrected chi connectivity index (χ0v) is 18.2. The van der Waals surface area contributed by atoms with Gasteiger partial charge in [0.2, 0.25) is 15.8 Å². The summed E-state index contributed by atoms with van der Waals surface area (Å²) in [5.41, 5.74) is 3.59. The van der Waals surface area contributed by atoms with E-state index in [0.717, 1.165) is 17.0 Å². The average molecular weight is 440 g/mol. The Morgan fingerprint density at radius 2 is 2.07 bits per heavy atom. The lowest BCUT2D eigenvalue weighted by atomic mass is 10.0. The zero-order valence-electron chi connectivity index (χ0n) is 15.7. The zero-order chi connectivity index (χ0) is 19.6. The fraction of sp³-hybridized carbons (Fsp3) is 0.263. The second-order valence-electron chi connectivity index (χ2n) is 6.29. The Morgan fingerprint density at radius 1 is 1.32 bits per heavy atom. The van der Waals surface area contributed by atoms with Gasteiger partial charge in [0.15, 0.2) is 0 Å². The molecule has 0 spiro atoms. The fourth-order valence-corrected chi connectivity index (χ4v) is 4.01. The van der Waals surface area contributed by atoms with E-state index < -0.39 is 10.0 Å². The van der Waals surface area contributed by atoms with Crippen molar-refractivity contribution in [1.29, 1.82) is 0 Å². The molecule has 28 heavy (non-hydrogen) atoms. The van der Waals surface area contributed by atoms with Crippen molar-refractivity contribution < 1.29 is 13.2 Å². The number of nitrogens with one attached hydrogen (secondary N) is 2. The van der Waals surface area contributed by atoms with Crippen LogP contribution in [0, 0.1) is 6.92 Å². The standard InChI is InChI=1S/C19H21N3O3S2.ClH/c1-4-27(24,25)22-14-7-8-15(20-11-14)13(3)16-10-12(2)18(21-16)19(23)17-6-5-9-26-17;/h5-11,13,21-22H,4H2,1-3H3;1H. The summed E-state index contributed by atoms with van der Waals surface area (Å²) < 4.78 is 25.7. The van der Waals surface area contributed by atoms with E-state index in [1.54, 1.807) is 19.1 Å². The predicted molar refractivity (Wildman–Crippen MR) is 115 cm³/mol. The van der Waals surface area contributed by atoms with Gasteiger partial charge in [-0.2, -0.15) is 0 Å². The highest BCUT2D eigenvalue weighted by atomic mass is 35.5. The summed E-state index contributed by atoms with van der Waals surface area (Å²) in [5.74, 6) is -0.0721. The van der Waals surface area contributed by atoms with Crippen LogP contribution in [0.1, 0.15) is 52.1 Å². The number of hydrogen-bond acceptors (Lipinski definition) is 5. The number of thiophene rings is 1. The maximum atomic E-state index is 12.6. The minimum Gasteiger partial charge on any atom is -0.355 e. The highest BCUT2D eigenvalue weighted by Gasteiger charge is 2.19. The molecule has 3 aromatic rings. The molecule has 0 bridgehead atoms. The topological polar surface area (TPSA) is 91.9 Å². The first-order valence-corrected chi connectivity index (χ1v) is 11.1. The van der Waals surface area contributed by atoms with Crippen LogP contribution in [0.4, 0.5) is 5.69 Å². The van der Waals surface area contributed by atoms with Crippen molar-refractivity contribution in [3.63, 3.8) is 0 Å². The van der Waals surface area contributed by atoms with Gasteiger partial charge in [0.1, 0.15) is 0 Å². The number of aromatic nitrogens is 2. The summed E-state index contributed by atoms with van der Waals surface area (Å²) >= 11 is 1.42. The number of sulfonamides is 1. The van der Waals surface area contributed by atoms with Crippen molar-refractivity contribution in [2.75, 3.05) is 10.5 Å². The van der Waals surface area contributed by atoms with Crippen LogP contribution in [0.2, 0.25) is 0 Å². The SMILES string of the molecule is CCS(=O)(=O)Nc1ccc(C(C)c2cc(C)c(C(=O)c3cccs3)[nH]2)nc1.Cl. The molecule has 3 heterocycles. The summed E-state index contributed by atoms with van der Waals surface area (Å²) in [6.45, 7) is 5.47. The maximum Gasteiger partial charge on any atom is 0.232 e. The molecule has 150 valence electrons. The molecule has 0 aliphatic carbocycles. The first-order chi connectivity index (χ1) is 12.8. The van der Waals surface area contributed by atoms with E-state index in [-0.39, 0.29) is 29.9 Å². The Balaban J connectivity index is 0.00000280. The van der Waals surface area contributed by atoms with Gasteiger partial charge < -0.3 is 4.98 Å². The Hall–Kier alpha value is -2.16. The number of anilines is 1. The number of ketones is 1. The van der Waals surface area contributed by atoms with Gasteiger partial charge in [0, 0.05) is 17.3 Å². The van der Waals surface area contributed by atoms with E-state index in [2.05, 4.69) is 14.7 Å². The van der Waals surface area contributed by atoms with Gasteiger partial charge in [0.25, 0.3) is 0 Å². The molecule has 6 nitrogen and oxygen atoms in total. The molecule has 9 heteroatoms. The maximum absolute atomic E-state index is 12.6. The van der Waals surface area contributed by atoms with Crippen molar-refractivity contribution in [2.24, 2.45) is 0 Å². The number of nitrogens with zero attached hydrogens (tertiary/aromatic N) is 1. The molecule has 2 N–H and O–H groups in total. The molecule has 0 aliphatic rings. The molecule has 0 amide bonds. The van der Waals surface area contributed by atoms with Gasteiger partial charge in [-0.05, 0) is 49.1 Å². The quantitative estimate of drug-likeness (QED) is 0.535. The summed E-state index contributed by atoms with van der Waals surface area (Å²) in [6.07, 6.45) is 1.51. The smallest absolute Gasteiger partial charge is 0.232 e. The van der Waals surface area contributed by atoms with Gasteiger partial charge in [0.05, 0.1) is 28.2 Å². The average Bonchev–Trinajstić information content (AvgIpc) is 3.31. The molecule has 3 rings (SSSR count). The number of halogens is 1. The summed E-state index contributed by atoms with van der Waals surface area (Å²) in [5, 5.41) is 1.88. The van der Waals surface area contributed by atoms with Crippen LogP contribution >= 0.6 is 23.7 Å². The second kappa shape index (κ2) is 8.89. The van der Waals surface area contributed by atoms with Crippen LogP contribution in [-0.4, -0.2) is 29.9 Å². The number of H-pyrrole nitrogens is 1. The van der Waals surface area contributed by atoms with E-state index in [9.17, 15) is 13.2 Å². The number of aryl methyl sites for hydroxylation is 1. The second-order valence-corrected chi connectivity index (χ2v) is 9.25. The van der Waals surface area contributed by atoms with E-state index in [1.165, 1.54) is 17.5 Å². The minimum atomic E-state index is -3.32. The monoisotopic (exact) mass is 439 g/mol. The number of carbonyl (C=O) groups excluding carboxylic acids is 1. The third-order valence-corrected chi connectivity index (χ3v) is 6.53. The van der Waals surface area contributed by atoms with Crippen molar-refractivity contribution in [2.45, 2.75) is 26.7 Å². The molecule has 0 aromatic carbocycles. The molecule has 0 saturated carbocycles. The lowest BCUT2D eigenvalue weighted by Gasteiger charge is -2.11. The van der Waals surface area contributed by atoms with E-state index in [0.29, 0.717) is 16.3 Å². The molecule has 0 radical (unpaired) electrons. The third kappa shape index (κ3) is 4.81. The Kier molecular flexibility index (Phi) is 7.03. The lowest BCUT2D eigenvalue weighted by molar-refractivity contribution is 0.103. The van der Waals surface area contributed by atoms with E-state index in [1.807, 2.05) is 37.4 Å². The van der Waals surface area contributed by atoms with Gasteiger partial charge in [-0.3, -0.25) is 14.5 Å². The number of rotatable bonds is 7.